The zero-order chi connectivity index (χ0) is 15.3. The van der Waals surface area contributed by atoms with Gasteiger partial charge in [0.2, 0.25) is 0 Å². The van der Waals surface area contributed by atoms with Gasteiger partial charge in [-0.1, -0.05) is 23.4 Å². The van der Waals surface area contributed by atoms with Gasteiger partial charge in [-0.15, -0.1) is 0 Å². The predicted octanol–water partition coefficient (Wildman–Crippen LogP) is 2.58. The first-order valence-electron chi connectivity index (χ1n) is 6.90. The Morgan fingerprint density at radius 1 is 1.57 bits per heavy atom. The topological polar surface area (TPSA) is 58.6 Å². The maximum atomic E-state index is 12.3. The number of aliphatic hydroxyl groups is 1. The van der Waals surface area contributed by atoms with Crippen molar-refractivity contribution in [3.63, 3.8) is 0 Å². The molecule has 1 unspecified atom stereocenters. The second-order valence-electron chi connectivity index (χ2n) is 5.10. The van der Waals surface area contributed by atoms with Crippen LogP contribution in [0.1, 0.15) is 31.7 Å². The first-order valence-corrected chi connectivity index (χ1v) is 7.28. The van der Waals surface area contributed by atoms with Crippen molar-refractivity contribution in [2.24, 2.45) is 0 Å². The summed E-state index contributed by atoms with van der Waals surface area (Å²) in [6.45, 7) is 2.40. The van der Waals surface area contributed by atoms with Gasteiger partial charge in [0.25, 0.3) is 5.91 Å². The van der Waals surface area contributed by atoms with Crippen molar-refractivity contribution in [2.75, 3.05) is 18.5 Å². The number of nitrogens with one attached hydrogen (secondary N) is 1. The molecule has 1 amide bonds. The standard InChI is InChI=1S/C16H18ClNO3/c1-16(8-4-10-21-16)15(20)18-14-7-6-13(17)11-12(14)5-2-3-9-19/h6-7,11,19H,3-4,8-10H2,1H3,(H,18,20). The molecule has 1 fully saturated rings. The highest BCUT2D eigenvalue weighted by atomic mass is 35.5. The van der Waals surface area contributed by atoms with Gasteiger partial charge in [0.1, 0.15) is 5.60 Å². The quantitative estimate of drug-likeness (QED) is 0.844. The van der Waals surface area contributed by atoms with E-state index in [0.29, 0.717) is 35.7 Å². The zero-order valence-corrected chi connectivity index (χ0v) is 12.7. The maximum absolute atomic E-state index is 12.3. The molecule has 0 aliphatic carbocycles. The number of rotatable bonds is 3. The summed E-state index contributed by atoms with van der Waals surface area (Å²) in [6.07, 6.45) is 1.96. The number of carbonyl (C=O) groups is 1. The van der Waals surface area contributed by atoms with Gasteiger partial charge in [-0.05, 0) is 38.0 Å². The molecule has 1 atom stereocenters. The number of carbonyl (C=O) groups excluding carboxylic acids is 1. The fourth-order valence-corrected chi connectivity index (χ4v) is 2.33. The van der Waals surface area contributed by atoms with E-state index in [9.17, 15) is 4.79 Å². The second-order valence-corrected chi connectivity index (χ2v) is 5.54. The first kappa shape index (κ1) is 15.8. The number of aliphatic hydroxyl groups excluding tert-OH is 1. The summed E-state index contributed by atoms with van der Waals surface area (Å²) in [5.74, 6) is 5.57. The number of hydrogen-bond acceptors (Lipinski definition) is 3. The maximum Gasteiger partial charge on any atom is 0.256 e. The third-order valence-electron chi connectivity index (χ3n) is 3.39. The Kier molecular flexibility index (Phi) is 5.24. The number of anilines is 1. The van der Waals surface area contributed by atoms with Crippen LogP contribution in [0, 0.1) is 11.8 Å². The fraction of sp³-hybridized carbons (Fsp3) is 0.438. The second kappa shape index (κ2) is 6.95. The van der Waals surface area contributed by atoms with E-state index in [0.717, 1.165) is 6.42 Å². The highest BCUT2D eigenvalue weighted by Gasteiger charge is 2.37. The van der Waals surface area contributed by atoms with Crippen molar-refractivity contribution in [1.82, 2.24) is 0 Å². The summed E-state index contributed by atoms with van der Waals surface area (Å²) < 4.78 is 5.53. The van der Waals surface area contributed by atoms with Gasteiger partial charge in [-0.2, -0.15) is 0 Å². The highest BCUT2D eigenvalue weighted by molar-refractivity contribution is 6.30. The Morgan fingerprint density at radius 3 is 3.05 bits per heavy atom. The van der Waals surface area contributed by atoms with Crippen LogP contribution in [-0.2, 0) is 9.53 Å². The summed E-state index contributed by atoms with van der Waals surface area (Å²) in [5, 5.41) is 12.2. The van der Waals surface area contributed by atoms with E-state index in [4.69, 9.17) is 21.4 Å². The molecule has 1 saturated heterocycles. The summed E-state index contributed by atoms with van der Waals surface area (Å²) in [5.41, 5.74) is 0.451. The molecular weight excluding hydrogens is 290 g/mol. The predicted molar refractivity (Wildman–Crippen MR) is 82.3 cm³/mol. The van der Waals surface area contributed by atoms with Crippen LogP contribution in [0.4, 0.5) is 5.69 Å². The van der Waals surface area contributed by atoms with Gasteiger partial charge in [0.15, 0.2) is 0 Å². The molecule has 0 aromatic heterocycles. The van der Waals surface area contributed by atoms with Crippen molar-refractivity contribution >= 4 is 23.2 Å². The van der Waals surface area contributed by atoms with Gasteiger partial charge < -0.3 is 15.2 Å². The molecular formula is C16H18ClNO3. The summed E-state index contributed by atoms with van der Waals surface area (Å²) >= 11 is 5.97. The molecule has 2 N–H and O–H groups in total. The Labute approximate surface area is 129 Å². The van der Waals surface area contributed by atoms with Gasteiger partial charge in [0, 0.05) is 23.6 Å². The van der Waals surface area contributed by atoms with Crippen molar-refractivity contribution in [3.8, 4) is 11.8 Å². The van der Waals surface area contributed by atoms with Crippen LogP contribution >= 0.6 is 11.6 Å². The van der Waals surface area contributed by atoms with E-state index in [2.05, 4.69) is 17.2 Å². The average molecular weight is 308 g/mol. The van der Waals surface area contributed by atoms with E-state index in [1.54, 1.807) is 25.1 Å². The van der Waals surface area contributed by atoms with Crippen LogP contribution in [0.15, 0.2) is 18.2 Å². The van der Waals surface area contributed by atoms with Crippen LogP contribution in [0.5, 0.6) is 0 Å². The van der Waals surface area contributed by atoms with Gasteiger partial charge in [-0.3, -0.25) is 4.79 Å². The Bertz CT molecular complexity index is 583. The zero-order valence-electron chi connectivity index (χ0n) is 11.9. The highest BCUT2D eigenvalue weighted by Crippen LogP contribution is 2.28. The molecule has 1 aliphatic heterocycles. The van der Waals surface area contributed by atoms with Gasteiger partial charge >= 0.3 is 0 Å². The van der Waals surface area contributed by atoms with E-state index in [1.807, 2.05) is 0 Å². The molecule has 0 radical (unpaired) electrons. The van der Waals surface area contributed by atoms with Gasteiger partial charge in [0.05, 0.1) is 12.3 Å². The third-order valence-corrected chi connectivity index (χ3v) is 3.62. The molecule has 1 aliphatic rings. The number of ether oxygens (including phenoxy) is 1. The summed E-state index contributed by atoms with van der Waals surface area (Å²) in [7, 11) is 0. The molecule has 4 nitrogen and oxygen atoms in total. The molecule has 0 spiro atoms. The summed E-state index contributed by atoms with van der Waals surface area (Å²) in [6, 6.07) is 5.12. The lowest BCUT2D eigenvalue weighted by Crippen LogP contribution is -2.39. The monoisotopic (exact) mass is 307 g/mol. The fourth-order valence-electron chi connectivity index (χ4n) is 2.16. The van der Waals surface area contributed by atoms with Crippen LogP contribution in [-0.4, -0.2) is 29.8 Å². The van der Waals surface area contributed by atoms with Crippen LogP contribution in [0.2, 0.25) is 5.02 Å². The minimum atomic E-state index is -0.782. The van der Waals surface area contributed by atoms with Crippen LogP contribution < -0.4 is 5.32 Å². The Hall–Kier alpha value is -1.54. The Morgan fingerprint density at radius 2 is 2.38 bits per heavy atom. The largest absolute Gasteiger partial charge is 0.395 e. The molecule has 2 rings (SSSR count). The van der Waals surface area contributed by atoms with Gasteiger partial charge in [-0.25, -0.2) is 0 Å². The lowest BCUT2D eigenvalue weighted by Gasteiger charge is -2.22. The molecule has 112 valence electrons. The molecule has 0 saturated carbocycles. The number of amides is 1. The molecule has 1 aromatic carbocycles. The van der Waals surface area contributed by atoms with Crippen molar-refractivity contribution in [2.45, 2.75) is 31.8 Å². The number of halogens is 1. The smallest absolute Gasteiger partial charge is 0.256 e. The first-order chi connectivity index (χ1) is 10.0. The molecule has 5 heteroatoms. The molecule has 1 aromatic rings. The number of benzene rings is 1. The minimum absolute atomic E-state index is 0.00116. The summed E-state index contributed by atoms with van der Waals surface area (Å²) in [4.78, 5) is 12.3. The van der Waals surface area contributed by atoms with Crippen molar-refractivity contribution in [3.05, 3.63) is 28.8 Å². The van der Waals surface area contributed by atoms with Crippen LogP contribution in [0.3, 0.4) is 0 Å². The van der Waals surface area contributed by atoms with E-state index >= 15 is 0 Å². The lowest BCUT2D eigenvalue weighted by atomic mass is 10.0. The SMILES string of the molecule is CC1(C(=O)Nc2ccc(Cl)cc2C#CCCO)CCCO1. The Balaban J connectivity index is 2.19. The molecule has 21 heavy (non-hydrogen) atoms. The van der Waals surface area contributed by atoms with E-state index in [1.165, 1.54) is 0 Å². The third kappa shape index (κ3) is 3.98. The van der Waals surface area contributed by atoms with Crippen molar-refractivity contribution in [1.29, 1.82) is 0 Å². The van der Waals surface area contributed by atoms with E-state index in [-0.39, 0.29) is 12.5 Å². The normalized spacial score (nSPS) is 20.7. The average Bonchev–Trinajstić information content (AvgIpc) is 2.90. The lowest BCUT2D eigenvalue weighted by molar-refractivity contribution is -0.133. The number of hydrogen-bond donors (Lipinski definition) is 2. The van der Waals surface area contributed by atoms with E-state index < -0.39 is 5.60 Å². The molecule has 0 bridgehead atoms. The van der Waals surface area contributed by atoms with Crippen LogP contribution in [0.25, 0.3) is 0 Å². The minimum Gasteiger partial charge on any atom is -0.395 e. The van der Waals surface area contributed by atoms with Crippen molar-refractivity contribution < 1.29 is 14.6 Å². The molecule has 1 heterocycles.